The second kappa shape index (κ2) is 8.44. The number of benzene rings is 1. The Labute approximate surface area is 187 Å². The van der Waals surface area contributed by atoms with Gasteiger partial charge in [-0.3, -0.25) is 19.2 Å². The van der Waals surface area contributed by atoms with Crippen LogP contribution in [0.3, 0.4) is 0 Å². The van der Waals surface area contributed by atoms with E-state index in [1.807, 2.05) is 43.5 Å². The lowest BCUT2D eigenvalue weighted by Gasteiger charge is -2.34. The van der Waals surface area contributed by atoms with Gasteiger partial charge in [0.25, 0.3) is 0 Å². The topological polar surface area (TPSA) is 73.0 Å². The van der Waals surface area contributed by atoms with Crippen LogP contribution in [0.4, 0.5) is 0 Å². The molecule has 1 aromatic carbocycles. The fourth-order valence-corrected chi connectivity index (χ4v) is 4.55. The Morgan fingerprint density at radius 3 is 2.47 bits per heavy atom. The number of rotatable bonds is 6. The van der Waals surface area contributed by atoms with Gasteiger partial charge in [0.1, 0.15) is 5.76 Å². The number of aryl methyl sites for hydroxylation is 2. The van der Waals surface area contributed by atoms with E-state index >= 15 is 0 Å². The lowest BCUT2D eigenvalue weighted by Crippen LogP contribution is -2.47. The monoisotopic (exact) mass is 436 g/mol. The van der Waals surface area contributed by atoms with Gasteiger partial charge in [-0.05, 0) is 44.5 Å². The molecule has 8 heteroatoms. The molecule has 4 heterocycles. The van der Waals surface area contributed by atoms with Crippen LogP contribution in [-0.2, 0) is 6.54 Å². The molecule has 5 rings (SSSR count). The van der Waals surface area contributed by atoms with Gasteiger partial charge < -0.3 is 14.0 Å². The second-order valence-electron chi connectivity index (χ2n) is 8.58. The van der Waals surface area contributed by atoms with E-state index in [1.54, 1.807) is 0 Å². The Kier molecular flexibility index (Phi) is 5.48. The molecule has 0 aliphatic carbocycles. The lowest BCUT2D eigenvalue weighted by molar-refractivity contribution is 0.0843. The second-order valence-corrected chi connectivity index (χ2v) is 8.58. The van der Waals surface area contributed by atoms with Crippen molar-refractivity contribution in [3.8, 4) is 17.3 Å². The van der Waals surface area contributed by atoms with E-state index in [0.29, 0.717) is 19.2 Å². The maximum absolute atomic E-state index is 13.1. The number of fused-ring (bicyclic) bond motifs is 1. The van der Waals surface area contributed by atoms with Gasteiger partial charge in [-0.1, -0.05) is 11.2 Å². The van der Waals surface area contributed by atoms with Crippen LogP contribution in [0.1, 0.15) is 33.1 Å². The van der Waals surface area contributed by atoms with Crippen molar-refractivity contribution in [1.29, 1.82) is 0 Å². The van der Waals surface area contributed by atoms with Gasteiger partial charge in [0.05, 0.1) is 6.54 Å². The average molecular weight is 437 g/mol. The highest BCUT2D eigenvalue weighted by molar-refractivity contribution is 5.99. The van der Waals surface area contributed by atoms with Crippen LogP contribution < -0.4 is 9.47 Å². The zero-order valence-electron chi connectivity index (χ0n) is 18.8. The summed E-state index contributed by atoms with van der Waals surface area (Å²) in [5, 5.41) is 4.10. The predicted octanol–water partition coefficient (Wildman–Crippen LogP) is 3.12. The Hall–Kier alpha value is -3.10. The van der Waals surface area contributed by atoms with Gasteiger partial charge in [-0.25, -0.2) is 0 Å². The summed E-state index contributed by atoms with van der Waals surface area (Å²) in [5.41, 5.74) is 3.86. The van der Waals surface area contributed by atoms with Gasteiger partial charge >= 0.3 is 0 Å². The zero-order valence-corrected chi connectivity index (χ0v) is 18.8. The third-order valence-corrected chi connectivity index (χ3v) is 6.25. The molecule has 2 aromatic heterocycles. The fourth-order valence-electron chi connectivity index (χ4n) is 4.55. The van der Waals surface area contributed by atoms with Crippen LogP contribution >= 0.6 is 0 Å². The van der Waals surface area contributed by atoms with Crippen molar-refractivity contribution in [3.63, 3.8) is 0 Å². The minimum Gasteiger partial charge on any atom is -0.454 e. The number of ketones is 1. The molecule has 168 valence electrons. The summed E-state index contributed by atoms with van der Waals surface area (Å²) in [4.78, 5) is 17.7. The molecular weight excluding hydrogens is 408 g/mol. The molecule has 0 N–H and O–H groups in total. The third-order valence-electron chi connectivity index (χ3n) is 6.25. The number of hydrogen-bond donors (Lipinski definition) is 0. The molecule has 3 aromatic rings. The summed E-state index contributed by atoms with van der Waals surface area (Å²) >= 11 is 0. The molecule has 32 heavy (non-hydrogen) atoms. The van der Waals surface area contributed by atoms with E-state index in [9.17, 15) is 4.79 Å². The van der Waals surface area contributed by atoms with Crippen molar-refractivity contribution in [1.82, 2.24) is 19.5 Å². The molecule has 2 aliphatic heterocycles. The van der Waals surface area contributed by atoms with Crippen molar-refractivity contribution in [2.75, 3.05) is 39.5 Å². The quantitative estimate of drug-likeness (QED) is 0.550. The van der Waals surface area contributed by atoms with E-state index in [-0.39, 0.29) is 5.78 Å². The summed E-state index contributed by atoms with van der Waals surface area (Å²) in [7, 11) is 0. The average Bonchev–Trinajstić information content (AvgIpc) is 3.48. The van der Waals surface area contributed by atoms with Crippen LogP contribution in [-0.4, -0.2) is 64.8 Å². The Bertz CT molecular complexity index is 1140. The van der Waals surface area contributed by atoms with E-state index in [2.05, 4.69) is 27.1 Å². The number of ether oxygens (including phenoxy) is 2. The molecule has 2 aliphatic rings. The Balaban J connectivity index is 1.18. The third kappa shape index (κ3) is 4.03. The van der Waals surface area contributed by atoms with Crippen LogP contribution in [0.15, 0.2) is 34.9 Å². The van der Waals surface area contributed by atoms with E-state index in [0.717, 1.165) is 66.9 Å². The van der Waals surface area contributed by atoms with Gasteiger partial charge in [0.2, 0.25) is 6.79 Å². The first-order valence-electron chi connectivity index (χ1n) is 11.0. The van der Waals surface area contributed by atoms with Gasteiger partial charge in [-0.15, -0.1) is 0 Å². The molecule has 0 saturated carbocycles. The number of Topliss-reactive ketones (excluding diaryl/α,β-unsaturated/α-hetero) is 1. The fraction of sp³-hybridized carbons (Fsp3) is 0.417. The van der Waals surface area contributed by atoms with Crippen LogP contribution in [0.25, 0.3) is 5.82 Å². The first-order chi connectivity index (χ1) is 15.5. The van der Waals surface area contributed by atoms with Gasteiger partial charge in [-0.2, -0.15) is 0 Å². The van der Waals surface area contributed by atoms with E-state index < -0.39 is 0 Å². The number of hydrogen-bond acceptors (Lipinski definition) is 7. The first kappa shape index (κ1) is 20.8. The van der Waals surface area contributed by atoms with Crippen molar-refractivity contribution < 1.29 is 18.8 Å². The van der Waals surface area contributed by atoms with Crippen LogP contribution in [0, 0.1) is 20.8 Å². The summed E-state index contributed by atoms with van der Waals surface area (Å²) in [6, 6.07) is 9.97. The lowest BCUT2D eigenvalue weighted by atomic mass is 10.1. The number of aromatic nitrogens is 2. The number of carbonyl (C=O) groups is 1. The summed E-state index contributed by atoms with van der Waals surface area (Å²) in [6.45, 7) is 11.0. The Morgan fingerprint density at radius 1 is 0.969 bits per heavy atom. The van der Waals surface area contributed by atoms with Crippen LogP contribution in [0.2, 0.25) is 0 Å². The maximum Gasteiger partial charge on any atom is 0.231 e. The molecular formula is C24H28N4O4. The molecule has 1 saturated heterocycles. The molecule has 0 amide bonds. The molecule has 0 unspecified atom stereocenters. The number of nitrogens with zero attached hydrogens (tertiary/aromatic N) is 4. The molecule has 0 atom stereocenters. The summed E-state index contributed by atoms with van der Waals surface area (Å²) in [6.07, 6.45) is 0. The summed E-state index contributed by atoms with van der Waals surface area (Å²) in [5.74, 6) is 3.25. The normalized spacial score (nSPS) is 16.6. The maximum atomic E-state index is 13.1. The molecule has 1 fully saturated rings. The molecule has 0 bridgehead atoms. The van der Waals surface area contributed by atoms with Gasteiger partial charge in [0, 0.05) is 55.7 Å². The molecule has 8 nitrogen and oxygen atoms in total. The molecule has 0 radical (unpaired) electrons. The van der Waals surface area contributed by atoms with Crippen molar-refractivity contribution in [2.45, 2.75) is 27.3 Å². The number of carbonyl (C=O) groups excluding carboxylic acids is 1. The minimum absolute atomic E-state index is 0.147. The largest absolute Gasteiger partial charge is 0.454 e. The van der Waals surface area contributed by atoms with Crippen molar-refractivity contribution >= 4 is 5.78 Å². The number of piperazine rings is 1. The highest BCUT2D eigenvalue weighted by atomic mass is 16.7. The predicted molar refractivity (Wildman–Crippen MR) is 119 cm³/mol. The van der Waals surface area contributed by atoms with E-state index in [4.69, 9.17) is 14.0 Å². The summed E-state index contributed by atoms with van der Waals surface area (Å²) < 4.78 is 18.1. The highest BCUT2D eigenvalue weighted by Crippen LogP contribution is 2.33. The zero-order chi connectivity index (χ0) is 22.2. The highest BCUT2D eigenvalue weighted by Gasteiger charge is 2.23. The standard InChI is InChI=1S/C24H28N4O4/c1-16-10-20(18(3)28(16)24-11-17(2)32-25-24)21(29)14-27-8-6-26(7-9-27)13-19-4-5-22-23(12-19)31-15-30-22/h4-5,10-12H,6-9,13-15H2,1-3H3. The van der Waals surface area contributed by atoms with E-state index in [1.165, 1.54) is 5.56 Å². The molecule has 0 spiro atoms. The first-order valence-corrected chi connectivity index (χ1v) is 11.0. The van der Waals surface area contributed by atoms with Crippen molar-refractivity contribution in [3.05, 3.63) is 58.6 Å². The minimum atomic E-state index is 0.147. The van der Waals surface area contributed by atoms with Crippen LogP contribution in [0.5, 0.6) is 11.5 Å². The smallest absolute Gasteiger partial charge is 0.231 e. The van der Waals surface area contributed by atoms with Gasteiger partial charge in [0.15, 0.2) is 23.1 Å². The SMILES string of the molecule is Cc1cc(-n2c(C)cc(C(=O)CN3CCN(Cc4ccc5c(c4)OCO5)CC3)c2C)no1. The van der Waals surface area contributed by atoms with Crippen molar-refractivity contribution in [2.24, 2.45) is 0 Å². The Morgan fingerprint density at radius 2 is 1.72 bits per heavy atom.